The van der Waals surface area contributed by atoms with E-state index in [1.807, 2.05) is 36.3 Å². The smallest absolute Gasteiger partial charge is 0.291 e. The molecule has 9 nitrogen and oxygen atoms in total. The highest BCUT2D eigenvalue weighted by atomic mass is 16.4. The highest BCUT2D eigenvalue weighted by Crippen LogP contribution is 2.30. The van der Waals surface area contributed by atoms with E-state index in [0.29, 0.717) is 29.4 Å². The summed E-state index contributed by atoms with van der Waals surface area (Å²) in [6, 6.07) is 16.0. The molecular formula is C23H20N6O3. The summed E-state index contributed by atoms with van der Waals surface area (Å²) >= 11 is 0. The number of aromatic nitrogens is 3. The third-order valence-electron chi connectivity index (χ3n) is 5.27. The van der Waals surface area contributed by atoms with Crippen molar-refractivity contribution in [2.45, 2.75) is 12.7 Å². The number of furan rings is 1. The maximum Gasteiger partial charge on any atom is 0.291 e. The fourth-order valence-electron chi connectivity index (χ4n) is 3.66. The SMILES string of the molecule is CN1c2ncccc2C(=O)N[C@@H]1c1ccc(NC(=O)c2ccc(Cn3cccn3)o2)cc1. The van der Waals surface area contributed by atoms with Gasteiger partial charge >= 0.3 is 0 Å². The van der Waals surface area contributed by atoms with Gasteiger partial charge in [-0.3, -0.25) is 14.3 Å². The lowest BCUT2D eigenvalue weighted by atomic mass is 10.1. The van der Waals surface area contributed by atoms with Gasteiger partial charge in [0.05, 0.1) is 12.1 Å². The van der Waals surface area contributed by atoms with Gasteiger partial charge in [-0.05, 0) is 48.0 Å². The summed E-state index contributed by atoms with van der Waals surface area (Å²) in [5, 5.41) is 9.94. The fourth-order valence-corrected chi connectivity index (χ4v) is 3.66. The Morgan fingerprint density at radius 3 is 2.75 bits per heavy atom. The molecule has 0 bridgehead atoms. The molecule has 1 atom stereocenters. The minimum atomic E-state index is -0.357. The van der Waals surface area contributed by atoms with E-state index in [4.69, 9.17) is 4.42 Å². The summed E-state index contributed by atoms with van der Waals surface area (Å²) < 4.78 is 7.35. The number of nitrogens with one attached hydrogen (secondary N) is 2. The van der Waals surface area contributed by atoms with E-state index in [1.165, 1.54) is 0 Å². The molecule has 9 heteroatoms. The zero-order chi connectivity index (χ0) is 22.1. The van der Waals surface area contributed by atoms with Gasteiger partial charge in [0, 0.05) is 31.3 Å². The van der Waals surface area contributed by atoms with Crippen LogP contribution >= 0.6 is 0 Å². The monoisotopic (exact) mass is 428 g/mol. The highest BCUT2D eigenvalue weighted by Gasteiger charge is 2.30. The number of benzene rings is 1. The average Bonchev–Trinajstić information content (AvgIpc) is 3.50. The molecule has 0 spiro atoms. The molecular weight excluding hydrogens is 408 g/mol. The number of amides is 2. The zero-order valence-electron chi connectivity index (χ0n) is 17.2. The maximum atomic E-state index is 12.5. The van der Waals surface area contributed by atoms with Gasteiger partial charge < -0.3 is 20.0 Å². The second kappa shape index (κ2) is 8.03. The first-order chi connectivity index (χ1) is 15.6. The number of hydrogen-bond acceptors (Lipinski definition) is 6. The van der Waals surface area contributed by atoms with Crippen LogP contribution in [0.15, 0.2) is 77.6 Å². The number of nitrogens with zero attached hydrogens (tertiary/aromatic N) is 4. The third kappa shape index (κ3) is 3.71. The molecule has 4 aromatic rings. The van der Waals surface area contributed by atoms with Gasteiger partial charge in [-0.1, -0.05) is 12.1 Å². The lowest BCUT2D eigenvalue weighted by Crippen LogP contribution is -2.45. The van der Waals surface area contributed by atoms with Crippen molar-refractivity contribution in [2.75, 3.05) is 17.3 Å². The second-order valence-electron chi connectivity index (χ2n) is 7.41. The van der Waals surface area contributed by atoms with Crippen molar-refractivity contribution in [3.63, 3.8) is 0 Å². The quantitative estimate of drug-likeness (QED) is 0.506. The molecule has 2 N–H and O–H groups in total. The van der Waals surface area contributed by atoms with E-state index in [9.17, 15) is 9.59 Å². The first-order valence-corrected chi connectivity index (χ1v) is 10.0. The van der Waals surface area contributed by atoms with Gasteiger partial charge in [0.25, 0.3) is 11.8 Å². The molecule has 32 heavy (non-hydrogen) atoms. The Morgan fingerprint density at radius 1 is 1.12 bits per heavy atom. The normalized spacial score (nSPS) is 15.2. The second-order valence-corrected chi connectivity index (χ2v) is 7.41. The lowest BCUT2D eigenvalue weighted by molar-refractivity contribution is 0.0926. The first-order valence-electron chi connectivity index (χ1n) is 10.0. The molecule has 0 saturated carbocycles. The molecule has 0 saturated heterocycles. The molecule has 0 unspecified atom stereocenters. The molecule has 3 aromatic heterocycles. The molecule has 1 aliphatic rings. The van der Waals surface area contributed by atoms with Crippen molar-refractivity contribution in [1.29, 1.82) is 0 Å². The van der Waals surface area contributed by atoms with E-state index < -0.39 is 0 Å². The Kier molecular flexibility index (Phi) is 4.91. The van der Waals surface area contributed by atoms with Gasteiger partial charge in [-0.25, -0.2) is 4.98 Å². The van der Waals surface area contributed by atoms with Crippen molar-refractivity contribution in [3.05, 3.63) is 95.8 Å². The molecule has 5 rings (SSSR count). The predicted octanol–water partition coefficient (Wildman–Crippen LogP) is 3.05. The molecule has 160 valence electrons. The third-order valence-corrected chi connectivity index (χ3v) is 5.27. The molecule has 0 fully saturated rings. The maximum absolute atomic E-state index is 12.5. The Hall–Kier alpha value is -4.40. The summed E-state index contributed by atoms with van der Waals surface area (Å²) in [4.78, 5) is 31.2. The summed E-state index contributed by atoms with van der Waals surface area (Å²) in [6.45, 7) is 0.452. The van der Waals surface area contributed by atoms with Crippen LogP contribution in [0.5, 0.6) is 0 Å². The van der Waals surface area contributed by atoms with E-state index in [-0.39, 0.29) is 23.7 Å². The van der Waals surface area contributed by atoms with E-state index in [1.54, 1.807) is 53.5 Å². The van der Waals surface area contributed by atoms with Crippen molar-refractivity contribution in [2.24, 2.45) is 0 Å². The number of carbonyl (C=O) groups is 2. The predicted molar refractivity (Wildman–Crippen MR) is 117 cm³/mol. The molecule has 4 heterocycles. The highest BCUT2D eigenvalue weighted by molar-refractivity contribution is 6.02. The minimum absolute atomic E-state index is 0.169. The van der Waals surface area contributed by atoms with Crippen LogP contribution in [0.1, 0.15) is 38.4 Å². The van der Waals surface area contributed by atoms with Gasteiger partial charge in [0.1, 0.15) is 17.7 Å². The van der Waals surface area contributed by atoms with Crippen LogP contribution in [0.4, 0.5) is 11.5 Å². The number of rotatable bonds is 5. The topological polar surface area (TPSA) is 105 Å². The lowest BCUT2D eigenvalue weighted by Gasteiger charge is -2.35. The summed E-state index contributed by atoms with van der Waals surface area (Å²) in [7, 11) is 1.88. The van der Waals surface area contributed by atoms with E-state index in [0.717, 1.165) is 5.56 Å². The molecule has 1 aromatic carbocycles. The number of carbonyl (C=O) groups excluding carboxylic acids is 2. The van der Waals surface area contributed by atoms with Crippen molar-refractivity contribution in [3.8, 4) is 0 Å². The van der Waals surface area contributed by atoms with Crippen LogP contribution in [0.3, 0.4) is 0 Å². The number of fused-ring (bicyclic) bond motifs is 1. The van der Waals surface area contributed by atoms with Gasteiger partial charge in [-0.2, -0.15) is 5.10 Å². The van der Waals surface area contributed by atoms with Gasteiger partial charge in [0.2, 0.25) is 0 Å². The summed E-state index contributed by atoms with van der Waals surface area (Å²) in [6.07, 6.45) is 4.82. The minimum Gasteiger partial charge on any atom is -0.454 e. The molecule has 0 aliphatic carbocycles. The van der Waals surface area contributed by atoms with Crippen molar-refractivity contribution in [1.82, 2.24) is 20.1 Å². The van der Waals surface area contributed by atoms with Crippen molar-refractivity contribution >= 4 is 23.3 Å². The summed E-state index contributed by atoms with van der Waals surface area (Å²) in [5.74, 6) is 0.975. The van der Waals surface area contributed by atoms with Gasteiger partial charge in [-0.15, -0.1) is 0 Å². The molecule has 1 aliphatic heterocycles. The molecule has 0 radical (unpaired) electrons. The van der Waals surface area contributed by atoms with Gasteiger partial charge in [0.15, 0.2) is 5.76 Å². The Balaban J connectivity index is 1.27. The number of pyridine rings is 1. The Bertz CT molecular complexity index is 1260. The number of hydrogen-bond donors (Lipinski definition) is 2. The number of anilines is 2. The van der Waals surface area contributed by atoms with Crippen LogP contribution in [0.2, 0.25) is 0 Å². The standard InChI is InChI=1S/C23H20N6O3/c1-28-20(27-22(30)18-4-2-11-24-21(18)28)15-5-7-16(8-6-15)26-23(31)19-10-9-17(32-19)14-29-13-3-12-25-29/h2-13,20H,14H2,1H3,(H,26,31)(H,27,30)/t20-/m0/s1. The Morgan fingerprint density at radius 2 is 1.97 bits per heavy atom. The largest absolute Gasteiger partial charge is 0.454 e. The molecule has 2 amide bonds. The van der Waals surface area contributed by atoms with E-state index in [2.05, 4.69) is 20.7 Å². The van der Waals surface area contributed by atoms with Crippen LogP contribution in [-0.4, -0.2) is 33.6 Å². The zero-order valence-corrected chi connectivity index (χ0v) is 17.2. The van der Waals surface area contributed by atoms with Crippen LogP contribution in [0, 0.1) is 0 Å². The fraction of sp³-hybridized carbons (Fsp3) is 0.130. The van der Waals surface area contributed by atoms with Crippen molar-refractivity contribution < 1.29 is 14.0 Å². The van der Waals surface area contributed by atoms with Crippen LogP contribution in [0.25, 0.3) is 0 Å². The summed E-state index contributed by atoms with van der Waals surface area (Å²) in [5.41, 5.74) is 2.03. The first kappa shape index (κ1) is 19.6. The van der Waals surface area contributed by atoms with Crippen LogP contribution in [-0.2, 0) is 6.54 Å². The Labute approximate surface area is 183 Å². The van der Waals surface area contributed by atoms with E-state index >= 15 is 0 Å². The average molecular weight is 428 g/mol. The van der Waals surface area contributed by atoms with Crippen LogP contribution < -0.4 is 15.5 Å².